The molecular formula is C16H24O3. The molecule has 0 heterocycles. The van der Waals surface area contributed by atoms with Gasteiger partial charge in [-0.25, -0.2) is 0 Å². The van der Waals surface area contributed by atoms with E-state index in [1.54, 1.807) is 13.8 Å². The van der Waals surface area contributed by atoms with E-state index in [0.717, 1.165) is 11.3 Å². The Hall–Kier alpha value is -1.51. The number of benzene rings is 1. The SMILES string of the molecule is Cc1ccc(OCC(C)(C)C(=O)O)c(C(C)(C)C)c1. The van der Waals surface area contributed by atoms with Crippen molar-refractivity contribution in [1.29, 1.82) is 0 Å². The molecule has 0 unspecified atom stereocenters. The Bertz CT molecular complexity index is 467. The van der Waals surface area contributed by atoms with Gasteiger partial charge in [-0.3, -0.25) is 4.79 Å². The summed E-state index contributed by atoms with van der Waals surface area (Å²) in [4.78, 5) is 11.1. The van der Waals surface area contributed by atoms with Crippen molar-refractivity contribution in [2.24, 2.45) is 5.41 Å². The molecule has 0 aliphatic carbocycles. The summed E-state index contributed by atoms with van der Waals surface area (Å²) in [6.07, 6.45) is 0. The first-order chi connectivity index (χ1) is 8.54. The summed E-state index contributed by atoms with van der Waals surface area (Å²) in [7, 11) is 0. The summed E-state index contributed by atoms with van der Waals surface area (Å²) in [5, 5.41) is 9.11. The monoisotopic (exact) mass is 264 g/mol. The number of aryl methyl sites for hydroxylation is 1. The molecule has 19 heavy (non-hydrogen) atoms. The molecule has 1 rings (SSSR count). The van der Waals surface area contributed by atoms with Gasteiger partial charge in [-0.05, 0) is 37.8 Å². The van der Waals surface area contributed by atoms with Gasteiger partial charge in [-0.15, -0.1) is 0 Å². The fraction of sp³-hybridized carbons (Fsp3) is 0.562. The van der Waals surface area contributed by atoms with E-state index in [4.69, 9.17) is 9.84 Å². The fourth-order valence-corrected chi connectivity index (χ4v) is 1.68. The van der Waals surface area contributed by atoms with E-state index in [-0.39, 0.29) is 12.0 Å². The molecule has 0 amide bonds. The Labute approximate surface area is 115 Å². The second-order valence-corrected chi connectivity index (χ2v) is 6.73. The van der Waals surface area contributed by atoms with Crippen molar-refractivity contribution in [3.63, 3.8) is 0 Å². The predicted octanol–water partition coefficient (Wildman–Crippen LogP) is 3.78. The molecule has 106 valence electrons. The summed E-state index contributed by atoms with van der Waals surface area (Å²) in [5.41, 5.74) is 1.36. The zero-order valence-corrected chi connectivity index (χ0v) is 12.7. The quantitative estimate of drug-likeness (QED) is 0.900. The van der Waals surface area contributed by atoms with Crippen molar-refractivity contribution in [2.45, 2.75) is 47.0 Å². The average molecular weight is 264 g/mol. The first-order valence-corrected chi connectivity index (χ1v) is 6.51. The van der Waals surface area contributed by atoms with Gasteiger partial charge in [-0.1, -0.05) is 38.5 Å². The lowest BCUT2D eigenvalue weighted by Crippen LogP contribution is -2.31. The molecule has 0 fully saturated rings. The summed E-state index contributed by atoms with van der Waals surface area (Å²) < 4.78 is 5.76. The largest absolute Gasteiger partial charge is 0.492 e. The van der Waals surface area contributed by atoms with Gasteiger partial charge < -0.3 is 9.84 Å². The van der Waals surface area contributed by atoms with Gasteiger partial charge in [0.1, 0.15) is 12.4 Å². The Morgan fingerprint density at radius 2 is 1.79 bits per heavy atom. The highest BCUT2D eigenvalue weighted by molar-refractivity contribution is 5.73. The third kappa shape index (κ3) is 3.98. The lowest BCUT2D eigenvalue weighted by molar-refractivity contribution is -0.148. The molecule has 0 aromatic heterocycles. The van der Waals surface area contributed by atoms with Crippen LogP contribution in [0.4, 0.5) is 0 Å². The normalized spacial score (nSPS) is 12.3. The zero-order valence-electron chi connectivity index (χ0n) is 12.7. The summed E-state index contributed by atoms with van der Waals surface area (Å²) in [5.74, 6) is -0.0793. The Balaban J connectivity index is 3.00. The van der Waals surface area contributed by atoms with Crippen LogP contribution in [0.2, 0.25) is 0 Å². The van der Waals surface area contributed by atoms with Crippen LogP contribution in [0.3, 0.4) is 0 Å². The van der Waals surface area contributed by atoms with Gasteiger partial charge in [0.25, 0.3) is 0 Å². The second-order valence-electron chi connectivity index (χ2n) is 6.73. The lowest BCUT2D eigenvalue weighted by Gasteiger charge is -2.26. The topological polar surface area (TPSA) is 46.5 Å². The van der Waals surface area contributed by atoms with Crippen LogP contribution in [0.5, 0.6) is 5.75 Å². The molecule has 0 saturated carbocycles. The van der Waals surface area contributed by atoms with Crippen molar-refractivity contribution in [3.05, 3.63) is 29.3 Å². The molecule has 0 saturated heterocycles. The van der Waals surface area contributed by atoms with Gasteiger partial charge in [0, 0.05) is 0 Å². The van der Waals surface area contributed by atoms with E-state index >= 15 is 0 Å². The number of carboxylic acids is 1. The molecular weight excluding hydrogens is 240 g/mol. The van der Waals surface area contributed by atoms with E-state index in [9.17, 15) is 4.79 Å². The molecule has 3 nitrogen and oxygen atoms in total. The highest BCUT2D eigenvalue weighted by Crippen LogP contribution is 2.33. The van der Waals surface area contributed by atoms with Crippen LogP contribution in [0.1, 0.15) is 45.7 Å². The average Bonchev–Trinajstić information content (AvgIpc) is 2.26. The van der Waals surface area contributed by atoms with E-state index in [1.165, 1.54) is 5.56 Å². The highest BCUT2D eigenvalue weighted by atomic mass is 16.5. The minimum Gasteiger partial charge on any atom is -0.492 e. The van der Waals surface area contributed by atoms with Crippen molar-refractivity contribution in [2.75, 3.05) is 6.61 Å². The fourth-order valence-electron chi connectivity index (χ4n) is 1.68. The van der Waals surface area contributed by atoms with Crippen LogP contribution in [0.15, 0.2) is 18.2 Å². The Morgan fingerprint density at radius 1 is 1.21 bits per heavy atom. The van der Waals surface area contributed by atoms with Crippen molar-refractivity contribution in [3.8, 4) is 5.75 Å². The standard InChI is InChI=1S/C16H24O3/c1-11-7-8-13(12(9-11)15(2,3)4)19-10-16(5,6)14(17)18/h7-9H,10H2,1-6H3,(H,17,18). The van der Waals surface area contributed by atoms with Gasteiger partial charge in [0.2, 0.25) is 0 Å². The van der Waals surface area contributed by atoms with Crippen molar-refractivity contribution in [1.82, 2.24) is 0 Å². The van der Waals surface area contributed by atoms with Crippen LogP contribution < -0.4 is 4.74 Å². The Morgan fingerprint density at radius 3 is 2.26 bits per heavy atom. The van der Waals surface area contributed by atoms with Crippen LogP contribution in [-0.4, -0.2) is 17.7 Å². The van der Waals surface area contributed by atoms with Crippen LogP contribution in [-0.2, 0) is 10.2 Å². The molecule has 1 N–H and O–H groups in total. The summed E-state index contributed by atoms with van der Waals surface area (Å²) in [6.45, 7) is 11.9. The molecule has 3 heteroatoms. The van der Waals surface area contributed by atoms with Crippen LogP contribution in [0.25, 0.3) is 0 Å². The molecule has 0 radical (unpaired) electrons. The third-order valence-electron chi connectivity index (χ3n) is 3.11. The van der Waals surface area contributed by atoms with Crippen molar-refractivity contribution >= 4 is 5.97 Å². The number of ether oxygens (including phenoxy) is 1. The van der Waals surface area contributed by atoms with E-state index in [1.807, 2.05) is 19.1 Å². The molecule has 0 aliphatic rings. The first kappa shape index (κ1) is 15.5. The number of carbonyl (C=O) groups is 1. The third-order valence-corrected chi connectivity index (χ3v) is 3.11. The first-order valence-electron chi connectivity index (χ1n) is 6.51. The van der Waals surface area contributed by atoms with Crippen molar-refractivity contribution < 1.29 is 14.6 Å². The molecule has 0 aliphatic heterocycles. The maximum absolute atomic E-state index is 11.1. The number of hydrogen-bond acceptors (Lipinski definition) is 2. The minimum absolute atomic E-state index is 0.0330. The van der Waals surface area contributed by atoms with Gasteiger partial charge >= 0.3 is 5.97 Å². The Kier molecular flexibility index (Phi) is 4.28. The maximum atomic E-state index is 11.1. The zero-order chi connectivity index (χ0) is 14.8. The molecule has 0 spiro atoms. The molecule has 1 aromatic rings. The molecule has 0 atom stereocenters. The van der Waals surface area contributed by atoms with Crippen LogP contribution >= 0.6 is 0 Å². The van der Waals surface area contributed by atoms with Gasteiger partial charge in [-0.2, -0.15) is 0 Å². The molecule has 1 aromatic carbocycles. The van der Waals surface area contributed by atoms with E-state index in [2.05, 4.69) is 26.8 Å². The highest BCUT2D eigenvalue weighted by Gasteiger charge is 2.29. The predicted molar refractivity (Wildman–Crippen MR) is 76.8 cm³/mol. The smallest absolute Gasteiger partial charge is 0.312 e. The van der Waals surface area contributed by atoms with E-state index < -0.39 is 11.4 Å². The second kappa shape index (κ2) is 5.24. The summed E-state index contributed by atoms with van der Waals surface area (Å²) in [6, 6.07) is 6.01. The van der Waals surface area contributed by atoms with Crippen LogP contribution in [0, 0.1) is 12.3 Å². The number of carboxylic acid groups (broad SMARTS) is 1. The summed E-state index contributed by atoms with van der Waals surface area (Å²) >= 11 is 0. The number of hydrogen-bond donors (Lipinski definition) is 1. The van der Waals surface area contributed by atoms with Gasteiger partial charge in [0.05, 0.1) is 5.41 Å². The van der Waals surface area contributed by atoms with E-state index in [0.29, 0.717) is 0 Å². The maximum Gasteiger partial charge on any atom is 0.312 e. The lowest BCUT2D eigenvalue weighted by atomic mass is 9.85. The number of rotatable bonds is 4. The minimum atomic E-state index is -0.889. The number of aliphatic carboxylic acids is 1. The molecule has 0 bridgehead atoms. The van der Waals surface area contributed by atoms with Gasteiger partial charge in [0.15, 0.2) is 0 Å².